The van der Waals surface area contributed by atoms with Gasteiger partial charge in [-0.2, -0.15) is 0 Å². The number of hydrogen-bond acceptors (Lipinski definition) is 3. The van der Waals surface area contributed by atoms with Gasteiger partial charge in [0.15, 0.2) is 5.82 Å². The lowest BCUT2D eigenvalue weighted by Gasteiger charge is -2.19. The first-order valence-electron chi connectivity index (χ1n) is 7.09. The molecule has 2 heterocycles. The maximum absolute atomic E-state index is 13.8. The fourth-order valence-electron chi connectivity index (χ4n) is 2.51. The van der Waals surface area contributed by atoms with Gasteiger partial charge in [0.2, 0.25) is 0 Å². The van der Waals surface area contributed by atoms with E-state index in [0.29, 0.717) is 11.1 Å². The van der Waals surface area contributed by atoms with E-state index in [-0.39, 0.29) is 11.6 Å². The summed E-state index contributed by atoms with van der Waals surface area (Å²) in [5.41, 5.74) is 1.89. The molecule has 3 nitrogen and oxygen atoms in total. The van der Waals surface area contributed by atoms with Gasteiger partial charge in [0.05, 0.1) is 6.04 Å². The van der Waals surface area contributed by atoms with Gasteiger partial charge in [-0.15, -0.1) is 0 Å². The lowest BCUT2D eigenvalue weighted by atomic mass is 10.0. The fourth-order valence-corrected chi connectivity index (χ4v) is 2.51. The van der Waals surface area contributed by atoms with Gasteiger partial charge in [-0.05, 0) is 36.2 Å². The number of benzene rings is 1. The van der Waals surface area contributed by atoms with Gasteiger partial charge in [-0.1, -0.05) is 6.92 Å². The Bertz CT molecular complexity index is 791. The smallest absolute Gasteiger partial charge is 0.152 e. The maximum Gasteiger partial charge on any atom is 0.152 e. The van der Waals surface area contributed by atoms with E-state index in [1.807, 2.05) is 19.1 Å². The summed E-state index contributed by atoms with van der Waals surface area (Å²) in [5.74, 6) is -1.27. The molecule has 0 saturated carbocycles. The monoisotopic (exact) mass is 299 g/mol. The average Bonchev–Trinajstić information content (AvgIpc) is 2.53. The Labute approximate surface area is 127 Å². The minimum absolute atomic E-state index is 0.0277. The van der Waals surface area contributed by atoms with Crippen LogP contribution in [-0.2, 0) is 0 Å². The maximum atomic E-state index is 13.8. The SMILES string of the molecule is CCC(Nc1ccnc2c(F)cc(F)cc12)c1ccncc1. The van der Waals surface area contributed by atoms with Crippen LogP contribution in [0.5, 0.6) is 0 Å². The predicted molar refractivity (Wildman–Crippen MR) is 82.6 cm³/mol. The van der Waals surface area contributed by atoms with Crippen LogP contribution < -0.4 is 5.32 Å². The number of anilines is 1. The van der Waals surface area contributed by atoms with Crippen molar-refractivity contribution in [3.63, 3.8) is 0 Å². The Morgan fingerprint density at radius 2 is 1.86 bits per heavy atom. The minimum Gasteiger partial charge on any atom is -0.378 e. The van der Waals surface area contributed by atoms with E-state index in [0.717, 1.165) is 18.1 Å². The zero-order valence-electron chi connectivity index (χ0n) is 12.1. The molecular weight excluding hydrogens is 284 g/mol. The van der Waals surface area contributed by atoms with Gasteiger partial charge in [0, 0.05) is 35.7 Å². The van der Waals surface area contributed by atoms with Crippen molar-refractivity contribution < 1.29 is 8.78 Å². The number of hydrogen-bond donors (Lipinski definition) is 1. The molecule has 112 valence electrons. The van der Waals surface area contributed by atoms with Gasteiger partial charge in [0.1, 0.15) is 11.3 Å². The van der Waals surface area contributed by atoms with E-state index in [4.69, 9.17) is 0 Å². The topological polar surface area (TPSA) is 37.8 Å². The Morgan fingerprint density at radius 3 is 2.59 bits per heavy atom. The molecule has 0 aliphatic heterocycles. The molecule has 3 rings (SSSR count). The highest BCUT2D eigenvalue weighted by Gasteiger charge is 2.13. The van der Waals surface area contributed by atoms with Crippen LogP contribution in [0, 0.1) is 11.6 Å². The molecule has 0 aliphatic rings. The van der Waals surface area contributed by atoms with Crippen molar-refractivity contribution in [2.24, 2.45) is 0 Å². The van der Waals surface area contributed by atoms with Crippen molar-refractivity contribution >= 4 is 16.6 Å². The van der Waals surface area contributed by atoms with Crippen LogP contribution >= 0.6 is 0 Å². The van der Waals surface area contributed by atoms with Crippen LogP contribution in [0.3, 0.4) is 0 Å². The van der Waals surface area contributed by atoms with Crippen LogP contribution in [0.4, 0.5) is 14.5 Å². The number of nitrogens with zero attached hydrogens (tertiary/aromatic N) is 2. The van der Waals surface area contributed by atoms with Crippen molar-refractivity contribution in [3.8, 4) is 0 Å². The van der Waals surface area contributed by atoms with E-state index >= 15 is 0 Å². The Morgan fingerprint density at radius 1 is 1.09 bits per heavy atom. The van der Waals surface area contributed by atoms with Crippen LogP contribution in [0.25, 0.3) is 10.9 Å². The van der Waals surface area contributed by atoms with Crippen molar-refractivity contribution in [1.29, 1.82) is 0 Å². The summed E-state index contributed by atoms with van der Waals surface area (Å²) in [6.07, 6.45) is 5.80. The molecule has 0 fully saturated rings. The van der Waals surface area contributed by atoms with Crippen LogP contribution in [0.15, 0.2) is 48.9 Å². The van der Waals surface area contributed by atoms with Crippen molar-refractivity contribution in [2.45, 2.75) is 19.4 Å². The normalized spacial score (nSPS) is 12.3. The number of aromatic nitrogens is 2. The molecule has 1 unspecified atom stereocenters. The second-order valence-electron chi connectivity index (χ2n) is 5.03. The number of halogens is 2. The van der Waals surface area contributed by atoms with Gasteiger partial charge in [0.25, 0.3) is 0 Å². The zero-order valence-corrected chi connectivity index (χ0v) is 12.1. The molecule has 0 radical (unpaired) electrons. The molecule has 0 aliphatic carbocycles. The summed E-state index contributed by atoms with van der Waals surface area (Å²) in [6, 6.07) is 7.74. The molecule has 0 saturated heterocycles. The summed E-state index contributed by atoms with van der Waals surface area (Å²) in [7, 11) is 0. The van der Waals surface area contributed by atoms with Gasteiger partial charge in [-0.3, -0.25) is 9.97 Å². The Balaban J connectivity index is 2.03. The first-order chi connectivity index (χ1) is 10.7. The van der Waals surface area contributed by atoms with Gasteiger partial charge < -0.3 is 5.32 Å². The summed E-state index contributed by atoms with van der Waals surface area (Å²) in [5, 5.41) is 3.78. The molecule has 0 bridgehead atoms. The first-order valence-corrected chi connectivity index (χ1v) is 7.09. The second kappa shape index (κ2) is 6.05. The van der Waals surface area contributed by atoms with Crippen LogP contribution in [0.1, 0.15) is 24.9 Å². The lowest BCUT2D eigenvalue weighted by Crippen LogP contribution is -2.10. The molecule has 2 aromatic heterocycles. The molecule has 0 amide bonds. The minimum atomic E-state index is -0.657. The molecule has 1 atom stereocenters. The molecule has 22 heavy (non-hydrogen) atoms. The van der Waals surface area contributed by atoms with Crippen molar-refractivity contribution in [2.75, 3.05) is 5.32 Å². The van der Waals surface area contributed by atoms with Gasteiger partial charge in [-0.25, -0.2) is 8.78 Å². The lowest BCUT2D eigenvalue weighted by molar-refractivity contribution is 0.590. The number of fused-ring (bicyclic) bond motifs is 1. The van der Waals surface area contributed by atoms with E-state index in [9.17, 15) is 8.78 Å². The summed E-state index contributed by atoms with van der Waals surface area (Å²) in [6.45, 7) is 2.04. The average molecular weight is 299 g/mol. The van der Waals surface area contributed by atoms with E-state index < -0.39 is 11.6 Å². The third-order valence-electron chi connectivity index (χ3n) is 3.61. The second-order valence-corrected chi connectivity index (χ2v) is 5.03. The number of nitrogens with one attached hydrogen (secondary N) is 1. The molecule has 5 heteroatoms. The molecular formula is C17H15F2N3. The predicted octanol–water partition coefficient (Wildman–Crippen LogP) is 4.47. The van der Waals surface area contributed by atoms with E-state index in [2.05, 4.69) is 15.3 Å². The molecule has 0 spiro atoms. The highest BCUT2D eigenvalue weighted by atomic mass is 19.1. The number of rotatable bonds is 4. The fraction of sp³-hybridized carbons (Fsp3) is 0.176. The van der Waals surface area contributed by atoms with Crippen molar-refractivity contribution in [1.82, 2.24) is 9.97 Å². The molecule has 1 aromatic carbocycles. The van der Waals surface area contributed by atoms with Crippen LogP contribution in [0.2, 0.25) is 0 Å². The van der Waals surface area contributed by atoms with Crippen LogP contribution in [-0.4, -0.2) is 9.97 Å². The van der Waals surface area contributed by atoms with E-state index in [1.54, 1.807) is 18.5 Å². The summed E-state index contributed by atoms with van der Waals surface area (Å²) >= 11 is 0. The molecule has 1 N–H and O–H groups in total. The quantitative estimate of drug-likeness (QED) is 0.772. The third-order valence-corrected chi connectivity index (χ3v) is 3.61. The standard InChI is InChI=1S/C17H15F2N3/c1-2-15(11-3-6-20-7-4-11)22-16-5-8-21-17-13(16)9-12(18)10-14(17)19/h3-10,15H,2H2,1H3,(H,21,22). The molecule has 3 aromatic rings. The zero-order chi connectivity index (χ0) is 15.5. The Hall–Kier alpha value is -2.56. The highest BCUT2D eigenvalue weighted by molar-refractivity contribution is 5.91. The number of pyridine rings is 2. The summed E-state index contributed by atoms with van der Waals surface area (Å²) in [4.78, 5) is 8.00. The largest absolute Gasteiger partial charge is 0.378 e. The summed E-state index contributed by atoms with van der Waals surface area (Å²) < 4.78 is 27.3. The van der Waals surface area contributed by atoms with Crippen molar-refractivity contribution in [3.05, 3.63) is 66.1 Å². The van der Waals surface area contributed by atoms with E-state index in [1.165, 1.54) is 12.3 Å². The van der Waals surface area contributed by atoms with Gasteiger partial charge >= 0.3 is 0 Å². The third kappa shape index (κ3) is 2.74. The highest BCUT2D eigenvalue weighted by Crippen LogP contribution is 2.29. The Kier molecular flexibility index (Phi) is 3.96. The first kappa shape index (κ1) is 14.4.